The predicted octanol–water partition coefficient (Wildman–Crippen LogP) is 2.85. The molecule has 2 aromatic rings. The van der Waals surface area contributed by atoms with E-state index in [0.29, 0.717) is 35.4 Å². The highest BCUT2D eigenvalue weighted by Crippen LogP contribution is 2.20. The Morgan fingerprint density at radius 3 is 1.77 bits per heavy atom. The van der Waals surface area contributed by atoms with Gasteiger partial charge in [0.2, 0.25) is 0 Å². The van der Waals surface area contributed by atoms with E-state index in [-0.39, 0.29) is 17.2 Å². The van der Waals surface area contributed by atoms with Gasteiger partial charge in [0.15, 0.2) is 5.78 Å². The first-order chi connectivity index (χ1) is 14.4. The van der Waals surface area contributed by atoms with Crippen molar-refractivity contribution in [2.24, 2.45) is 0 Å². The Morgan fingerprint density at radius 2 is 1.37 bits per heavy atom. The van der Waals surface area contributed by atoms with E-state index in [1.165, 1.54) is 29.2 Å². The number of rotatable bonds is 6. The van der Waals surface area contributed by atoms with E-state index in [4.69, 9.17) is 0 Å². The van der Waals surface area contributed by atoms with E-state index >= 15 is 0 Å². The maximum Gasteiger partial charge on any atom is 0.270 e. The van der Waals surface area contributed by atoms with Crippen LogP contribution in [0.4, 0.5) is 11.4 Å². The van der Waals surface area contributed by atoms with Crippen LogP contribution in [0.15, 0.2) is 59.7 Å². The topological polar surface area (TPSA) is 108 Å². The lowest BCUT2D eigenvalue weighted by Gasteiger charge is -2.26. The molecule has 0 unspecified atom stereocenters. The van der Waals surface area contributed by atoms with Crippen molar-refractivity contribution < 1.29 is 19.5 Å². The molecule has 0 spiro atoms. The van der Waals surface area contributed by atoms with Crippen LogP contribution in [0.3, 0.4) is 0 Å². The second-order valence-corrected chi connectivity index (χ2v) is 7.23. The number of piperidine rings is 1. The zero-order chi connectivity index (χ0) is 21.7. The van der Waals surface area contributed by atoms with Crippen molar-refractivity contribution >= 4 is 29.3 Å². The largest absolute Gasteiger partial charge is 0.327 e. The van der Waals surface area contributed by atoms with Crippen LogP contribution in [0.2, 0.25) is 0 Å². The van der Waals surface area contributed by atoms with Gasteiger partial charge in [-0.25, -0.2) is 0 Å². The van der Waals surface area contributed by atoms with Crippen LogP contribution in [0.1, 0.15) is 24.5 Å². The molecule has 0 saturated carbocycles. The Labute approximate surface area is 173 Å². The van der Waals surface area contributed by atoms with Gasteiger partial charge in [-0.15, -0.1) is 0 Å². The standard InChI is InChI=1S/C22H21N3O5/c1-2-9-23-14-18(10-16-5-3-7-20(12-16)24(27)28)22(26)19(15-23)11-17-6-4-8-21(13-17)25(29)30/h3-8,10-13H,2,9,14-15H2,1H3/p+1. The molecule has 3 rings (SSSR count). The molecule has 1 heterocycles. The number of quaternary nitrogens is 1. The molecule has 30 heavy (non-hydrogen) atoms. The Morgan fingerprint density at radius 1 is 0.900 bits per heavy atom. The highest BCUT2D eigenvalue weighted by atomic mass is 16.6. The predicted molar refractivity (Wildman–Crippen MR) is 113 cm³/mol. The van der Waals surface area contributed by atoms with E-state index < -0.39 is 9.85 Å². The summed E-state index contributed by atoms with van der Waals surface area (Å²) in [6, 6.07) is 12.3. The molecule has 1 aliphatic heterocycles. The Bertz CT molecular complexity index is 979. The summed E-state index contributed by atoms with van der Waals surface area (Å²) in [5, 5.41) is 22.1. The molecule has 8 nitrogen and oxygen atoms in total. The van der Waals surface area contributed by atoms with E-state index in [0.717, 1.165) is 13.0 Å². The summed E-state index contributed by atoms with van der Waals surface area (Å²) in [6.07, 6.45) is 4.34. The first kappa shape index (κ1) is 21.1. The number of nitro benzene ring substituents is 2. The summed E-state index contributed by atoms with van der Waals surface area (Å²) in [7, 11) is 0. The van der Waals surface area contributed by atoms with Crippen molar-refractivity contribution in [3.8, 4) is 0 Å². The van der Waals surface area contributed by atoms with Gasteiger partial charge in [0, 0.05) is 24.3 Å². The molecule has 154 valence electrons. The first-order valence-electron chi connectivity index (χ1n) is 9.65. The summed E-state index contributed by atoms with van der Waals surface area (Å²) in [4.78, 5) is 35.4. The van der Waals surface area contributed by atoms with Crippen LogP contribution in [-0.2, 0) is 4.79 Å². The van der Waals surface area contributed by atoms with Gasteiger partial charge in [-0.1, -0.05) is 31.2 Å². The fourth-order valence-corrected chi connectivity index (χ4v) is 3.59. The van der Waals surface area contributed by atoms with Gasteiger partial charge < -0.3 is 4.90 Å². The number of non-ortho nitro benzene ring substituents is 2. The lowest BCUT2D eigenvalue weighted by Crippen LogP contribution is -3.13. The molecular weight excluding hydrogens is 386 g/mol. The monoisotopic (exact) mass is 408 g/mol. The fourth-order valence-electron chi connectivity index (χ4n) is 3.59. The number of benzene rings is 2. The molecule has 1 saturated heterocycles. The van der Waals surface area contributed by atoms with Crippen molar-refractivity contribution in [2.75, 3.05) is 19.6 Å². The Balaban J connectivity index is 1.98. The van der Waals surface area contributed by atoms with Crippen LogP contribution < -0.4 is 4.90 Å². The van der Waals surface area contributed by atoms with Gasteiger partial charge >= 0.3 is 0 Å². The molecule has 0 atom stereocenters. The van der Waals surface area contributed by atoms with Crippen LogP contribution in [0, 0.1) is 20.2 Å². The summed E-state index contributed by atoms with van der Waals surface area (Å²) < 4.78 is 0. The molecule has 0 aromatic heterocycles. The SMILES string of the molecule is CCC[NH+]1CC(=Cc2cccc([N+](=O)[O-])c2)C(=O)C(=Cc2cccc([N+](=O)[O-])c2)C1. The molecule has 0 aliphatic carbocycles. The van der Waals surface area contributed by atoms with Gasteiger partial charge in [-0.05, 0) is 29.7 Å². The Hall–Kier alpha value is -3.65. The molecule has 1 aliphatic rings. The van der Waals surface area contributed by atoms with Gasteiger partial charge in [-0.2, -0.15) is 0 Å². The van der Waals surface area contributed by atoms with E-state index in [1.54, 1.807) is 36.4 Å². The molecule has 8 heteroatoms. The summed E-state index contributed by atoms with van der Waals surface area (Å²) >= 11 is 0. The first-order valence-corrected chi connectivity index (χ1v) is 9.65. The number of nitrogens with one attached hydrogen (secondary N) is 1. The van der Waals surface area contributed by atoms with E-state index in [9.17, 15) is 25.0 Å². The molecule has 1 fully saturated rings. The van der Waals surface area contributed by atoms with E-state index in [1.807, 2.05) is 0 Å². The minimum atomic E-state index is -0.465. The Kier molecular flexibility index (Phi) is 6.48. The summed E-state index contributed by atoms with van der Waals surface area (Å²) in [5.74, 6) is -0.132. The van der Waals surface area contributed by atoms with Crippen molar-refractivity contribution in [1.82, 2.24) is 0 Å². The van der Waals surface area contributed by atoms with Crippen molar-refractivity contribution in [3.63, 3.8) is 0 Å². The molecule has 1 N–H and O–H groups in total. The maximum atomic E-state index is 13.1. The highest BCUT2D eigenvalue weighted by Gasteiger charge is 2.29. The number of hydrogen-bond donors (Lipinski definition) is 1. The molecule has 0 bridgehead atoms. The smallest absolute Gasteiger partial charge is 0.270 e. The number of ketones is 1. The summed E-state index contributed by atoms with van der Waals surface area (Å²) in [5.41, 5.74) is 2.28. The molecular formula is C22H22N3O5+. The normalized spacial score (nSPS) is 19.2. The lowest BCUT2D eigenvalue weighted by molar-refractivity contribution is -0.891. The average Bonchev–Trinajstić information content (AvgIpc) is 2.72. The van der Waals surface area contributed by atoms with Gasteiger partial charge in [-0.3, -0.25) is 25.0 Å². The number of carbonyl (C=O) groups is 1. The minimum Gasteiger partial charge on any atom is -0.327 e. The number of Topliss-reactive ketones (excluding diaryl/α,β-unsaturated/α-hetero) is 1. The number of nitrogens with zero attached hydrogens (tertiary/aromatic N) is 2. The third-order valence-corrected chi connectivity index (χ3v) is 4.91. The second kappa shape index (κ2) is 9.23. The molecule has 0 radical (unpaired) electrons. The van der Waals surface area contributed by atoms with E-state index in [2.05, 4.69) is 6.92 Å². The quantitative estimate of drug-likeness (QED) is 0.449. The zero-order valence-corrected chi connectivity index (χ0v) is 16.5. The molecule has 2 aromatic carbocycles. The number of nitro groups is 2. The molecule has 0 amide bonds. The van der Waals surface area contributed by atoms with Crippen LogP contribution >= 0.6 is 0 Å². The van der Waals surface area contributed by atoms with Crippen LogP contribution in [0.5, 0.6) is 0 Å². The fraction of sp³-hybridized carbons (Fsp3) is 0.227. The van der Waals surface area contributed by atoms with Crippen LogP contribution in [-0.4, -0.2) is 35.3 Å². The zero-order valence-electron chi connectivity index (χ0n) is 16.5. The lowest BCUT2D eigenvalue weighted by atomic mass is 9.94. The van der Waals surface area contributed by atoms with Crippen molar-refractivity contribution in [3.05, 3.63) is 91.0 Å². The summed E-state index contributed by atoms with van der Waals surface area (Å²) in [6.45, 7) is 3.99. The average molecular weight is 408 g/mol. The number of carbonyl (C=O) groups excluding carboxylic acids is 1. The minimum absolute atomic E-state index is 0.0299. The van der Waals surface area contributed by atoms with Crippen molar-refractivity contribution in [2.45, 2.75) is 13.3 Å². The van der Waals surface area contributed by atoms with Gasteiger partial charge in [0.25, 0.3) is 11.4 Å². The van der Waals surface area contributed by atoms with Gasteiger partial charge in [0.1, 0.15) is 13.1 Å². The number of likely N-dealkylation sites (tertiary alicyclic amines) is 1. The van der Waals surface area contributed by atoms with Gasteiger partial charge in [0.05, 0.1) is 27.5 Å². The third-order valence-electron chi connectivity index (χ3n) is 4.91. The number of hydrogen-bond acceptors (Lipinski definition) is 5. The maximum absolute atomic E-state index is 13.1. The highest BCUT2D eigenvalue weighted by molar-refractivity contribution is 6.14. The van der Waals surface area contributed by atoms with Crippen LogP contribution in [0.25, 0.3) is 12.2 Å². The van der Waals surface area contributed by atoms with Crippen molar-refractivity contribution in [1.29, 1.82) is 0 Å². The third kappa shape index (κ3) is 5.03. The second-order valence-electron chi connectivity index (χ2n) is 7.23.